The second-order valence-corrected chi connectivity index (χ2v) is 8.49. The first kappa shape index (κ1) is 17.1. The highest BCUT2D eigenvalue weighted by atomic mass is 16.5. The zero-order valence-corrected chi connectivity index (χ0v) is 15.9. The maximum atomic E-state index is 10.4. The first-order chi connectivity index (χ1) is 12.2. The number of phenols is 1. The highest BCUT2D eigenvalue weighted by molar-refractivity contribution is 5.56. The fourth-order valence-corrected chi connectivity index (χ4v) is 3.63. The smallest absolute Gasteiger partial charge is 0.175 e. The number of hydrogen-bond donors (Lipinski definition) is 1. The van der Waals surface area contributed by atoms with Gasteiger partial charge in [0.25, 0.3) is 0 Å². The van der Waals surface area contributed by atoms with E-state index in [1.54, 1.807) is 6.07 Å². The largest absolute Gasteiger partial charge is 0.504 e. The predicted octanol–water partition coefficient (Wildman–Crippen LogP) is 5.39. The molecule has 2 aromatic rings. The van der Waals surface area contributed by atoms with Crippen molar-refractivity contribution in [2.45, 2.75) is 64.6 Å². The van der Waals surface area contributed by atoms with Gasteiger partial charge in [0.15, 0.2) is 11.5 Å². The number of rotatable bonds is 2. The lowest BCUT2D eigenvalue weighted by molar-refractivity contribution is 0.0830. The first-order valence-corrected chi connectivity index (χ1v) is 9.26. The molecule has 4 rings (SSSR count). The molecule has 1 N–H and O–H groups in total. The van der Waals surface area contributed by atoms with Crippen molar-refractivity contribution in [3.8, 4) is 28.7 Å². The average Bonchev–Trinajstić information content (AvgIpc) is 2.56. The SMILES string of the molecule is CC1(C)CCc2cc(Oc3c(O)ccc4c3CCC(C)(C)O4)ccc2O1. The number of fused-ring (bicyclic) bond motifs is 2. The van der Waals surface area contributed by atoms with Gasteiger partial charge in [0.1, 0.15) is 28.5 Å². The summed E-state index contributed by atoms with van der Waals surface area (Å²) in [5, 5.41) is 10.4. The van der Waals surface area contributed by atoms with Crippen molar-refractivity contribution in [1.29, 1.82) is 0 Å². The minimum atomic E-state index is -0.197. The fraction of sp³-hybridized carbons (Fsp3) is 0.455. The van der Waals surface area contributed by atoms with Gasteiger partial charge in [-0.2, -0.15) is 0 Å². The van der Waals surface area contributed by atoms with Crippen LogP contribution in [0.2, 0.25) is 0 Å². The number of aromatic hydroxyl groups is 1. The van der Waals surface area contributed by atoms with E-state index in [2.05, 4.69) is 27.7 Å². The molecule has 2 aliphatic rings. The van der Waals surface area contributed by atoms with Crippen LogP contribution in [0.1, 0.15) is 51.7 Å². The van der Waals surface area contributed by atoms with Crippen molar-refractivity contribution in [3.63, 3.8) is 0 Å². The van der Waals surface area contributed by atoms with E-state index in [0.29, 0.717) is 11.5 Å². The predicted molar refractivity (Wildman–Crippen MR) is 101 cm³/mol. The van der Waals surface area contributed by atoms with E-state index in [-0.39, 0.29) is 17.0 Å². The molecule has 0 bridgehead atoms. The van der Waals surface area contributed by atoms with Crippen LogP contribution in [0.5, 0.6) is 28.7 Å². The number of hydrogen-bond acceptors (Lipinski definition) is 4. The van der Waals surface area contributed by atoms with E-state index in [0.717, 1.165) is 48.3 Å². The summed E-state index contributed by atoms with van der Waals surface area (Å²) in [5.41, 5.74) is 1.75. The molecule has 0 atom stereocenters. The van der Waals surface area contributed by atoms with Gasteiger partial charge < -0.3 is 19.3 Å². The van der Waals surface area contributed by atoms with E-state index in [1.807, 2.05) is 24.3 Å². The highest BCUT2D eigenvalue weighted by Crippen LogP contribution is 2.45. The quantitative estimate of drug-likeness (QED) is 0.785. The number of benzene rings is 2. The molecule has 2 aliphatic heterocycles. The summed E-state index contributed by atoms with van der Waals surface area (Å²) in [5.74, 6) is 3.05. The van der Waals surface area contributed by atoms with Crippen LogP contribution < -0.4 is 14.2 Å². The number of phenolic OH excluding ortho intramolecular Hbond substituents is 1. The molecule has 0 saturated carbocycles. The third kappa shape index (κ3) is 3.20. The Hall–Kier alpha value is -2.36. The molecular formula is C22H26O4. The van der Waals surface area contributed by atoms with E-state index < -0.39 is 0 Å². The van der Waals surface area contributed by atoms with Gasteiger partial charge >= 0.3 is 0 Å². The Morgan fingerprint density at radius 2 is 1.54 bits per heavy atom. The van der Waals surface area contributed by atoms with Crippen LogP contribution in [0.4, 0.5) is 0 Å². The summed E-state index contributed by atoms with van der Waals surface area (Å²) in [4.78, 5) is 0. The maximum Gasteiger partial charge on any atom is 0.175 e. The number of aryl methyl sites for hydroxylation is 1. The summed E-state index contributed by atoms with van der Waals surface area (Å²) in [6, 6.07) is 9.32. The lowest BCUT2D eigenvalue weighted by atomic mass is 9.93. The van der Waals surface area contributed by atoms with Crippen molar-refractivity contribution in [2.75, 3.05) is 0 Å². The fourth-order valence-electron chi connectivity index (χ4n) is 3.63. The Balaban J connectivity index is 1.65. The van der Waals surface area contributed by atoms with Crippen LogP contribution in [0.3, 0.4) is 0 Å². The highest BCUT2D eigenvalue weighted by Gasteiger charge is 2.30. The van der Waals surface area contributed by atoms with Crippen LogP contribution in [0.25, 0.3) is 0 Å². The lowest BCUT2D eigenvalue weighted by Crippen LogP contribution is -2.32. The summed E-state index contributed by atoms with van der Waals surface area (Å²) in [6.45, 7) is 8.37. The first-order valence-electron chi connectivity index (χ1n) is 9.26. The molecule has 0 radical (unpaired) electrons. The Bertz CT molecular complexity index is 851. The van der Waals surface area contributed by atoms with Crippen molar-refractivity contribution >= 4 is 0 Å². The summed E-state index contributed by atoms with van der Waals surface area (Å²) >= 11 is 0. The molecule has 138 valence electrons. The van der Waals surface area contributed by atoms with Gasteiger partial charge in [-0.25, -0.2) is 0 Å². The zero-order valence-electron chi connectivity index (χ0n) is 15.9. The summed E-state index contributed by atoms with van der Waals surface area (Å²) in [6.07, 6.45) is 3.62. The molecule has 0 fully saturated rings. The van der Waals surface area contributed by atoms with Crippen LogP contribution >= 0.6 is 0 Å². The number of ether oxygens (including phenoxy) is 3. The molecule has 0 saturated heterocycles. The normalized spacial score (nSPS) is 19.5. The molecule has 26 heavy (non-hydrogen) atoms. The second-order valence-electron chi connectivity index (χ2n) is 8.49. The Morgan fingerprint density at radius 3 is 2.31 bits per heavy atom. The molecule has 0 spiro atoms. The Morgan fingerprint density at radius 1 is 0.885 bits per heavy atom. The minimum absolute atomic E-state index is 0.129. The summed E-state index contributed by atoms with van der Waals surface area (Å²) in [7, 11) is 0. The molecule has 0 aliphatic carbocycles. The van der Waals surface area contributed by atoms with Crippen LogP contribution in [-0.2, 0) is 12.8 Å². The molecule has 0 aromatic heterocycles. The standard InChI is InChI=1S/C22H26O4/c1-21(2)11-9-14-13-15(5-7-18(14)25-21)24-20-16-10-12-22(3,4)26-19(16)8-6-17(20)23/h5-8,13,23H,9-12H2,1-4H3. The molecule has 4 nitrogen and oxygen atoms in total. The van der Waals surface area contributed by atoms with Crippen molar-refractivity contribution in [2.24, 2.45) is 0 Å². The Labute approximate surface area is 154 Å². The topological polar surface area (TPSA) is 47.9 Å². The lowest BCUT2D eigenvalue weighted by Gasteiger charge is -2.34. The molecule has 0 amide bonds. The van der Waals surface area contributed by atoms with Crippen molar-refractivity contribution < 1.29 is 19.3 Å². The molecule has 4 heteroatoms. The van der Waals surface area contributed by atoms with E-state index in [9.17, 15) is 5.11 Å². The second kappa shape index (κ2) is 5.83. The van der Waals surface area contributed by atoms with Crippen LogP contribution in [-0.4, -0.2) is 16.3 Å². The monoisotopic (exact) mass is 354 g/mol. The van der Waals surface area contributed by atoms with Gasteiger partial charge in [-0.15, -0.1) is 0 Å². The van der Waals surface area contributed by atoms with E-state index >= 15 is 0 Å². The average molecular weight is 354 g/mol. The van der Waals surface area contributed by atoms with Crippen LogP contribution in [0, 0.1) is 0 Å². The minimum Gasteiger partial charge on any atom is -0.504 e. The maximum absolute atomic E-state index is 10.4. The van der Waals surface area contributed by atoms with E-state index in [4.69, 9.17) is 14.2 Å². The van der Waals surface area contributed by atoms with Crippen LogP contribution in [0.15, 0.2) is 30.3 Å². The molecule has 0 unspecified atom stereocenters. The van der Waals surface area contributed by atoms with Gasteiger partial charge in [0.05, 0.1) is 0 Å². The van der Waals surface area contributed by atoms with Crippen molar-refractivity contribution in [3.05, 3.63) is 41.5 Å². The van der Waals surface area contributed by atoms with E-state index in [1.165, 1.54) is 0 Å². The van der Waals surface area contributed by atoms with Crippen molar-refractivity contribution in [1.82, 2.24) is 0 Å². The Kier molecular flexibility index (Phi) is 3.83. The van der Waals surface area contributed by atoms with Gasteiger partial charge in [0.2, 0.25) is 0 Å². The molecular weight excluding hydrogens is 328 g/mol. The zero-order chi connectivity index (χ0) is 18.5. The molecule has 2 heterocycles. The molecule has 2 aromatic carbocycles. The van der Waals surface area contributed by atoms with Gasteiger partial charge in [0, 0.05) is 5.56 Å². The van der Waals surface area contributed by atoms with Gasteiger partial charge in [-0.1, -0.05) is 0 Å². The summed E-state index contributed by atoms with van der Waals surface area (Å²) < 4.78 is 18.2. The van der Waals surface area contributed by atoms with Gasteiger partial charge in [-0.3, -0.25) is 0 Å². The third-order valence-corrected chi connectivity index (χ3v) is 5.19. The van der Waals surface area contributed by atoms with Gasteiger partial charge in [-0.05, 0) is 89.3 Å². The third-order valence-electron chi connectivity index (χ3n) is 5.19.